The van der Waals surface area contributed by atoms with Crippen molar-refractivity contribution in [3.05, 3.63) is 47.7 Å². The van der Waals surface area contributed by atoms with E-state index in [4.69, 9.17) is 0 Å². The van der Waals surface area contributed by atoms with Gasteiger partial charge in [0.15, 0.2) is 0 Å². The molecule has 0 bridgehead atoms. The molecule has 0 unspecified atom stereocenters. The molecule has 0 saturated carbocycles. The molecular formula is C15H24N2. The predicted octanol–water partition coefficient (Wildman–Crippen LogP) is 3.65. The predicted molar refractivity (Wildman–Crippen MR) is 78.5 cm³/mol. The summed E-state index contributed by atoms with van der Waals surface area (Å²) in [4.78, 5) is 4.00. The Kier molecular flexibility index (Phi) is 8.75. The first-order valence-corrected chi connectivity index (χ1v) is 6.02. The molecule has 0 radical (unpaired) electrons. The molecule has 2 heteroatoms. The minimum absolute atomic E-state index is 0.841. The maximum Gasteiger partial charge on any atom is 0.0480 e. The zero-order valence-corrected chi connectivity index (χ0v) is 11.5. The highest BCUT2D eigenvalue weighted by molar-refractivity contribution is 5.77. The average Bonchev–Trinajstić information content (AvgIpc) is 2.37. The van der Waals surface area contributed by atoms with Crippen molar-refractivity contribution in [2.45, 2.75) is 27.2 Å². The Labute approximate surface area is 106 Å². The van der Waals surface area contributed by atoms with Gasteiger partial charge in [-0.3, -0.25) is 4.99 Å². The Bertz CT molecular complexity index is 344. The third-order valence-electron chi connectivity index (χ3n) is 2.49. The van der Waals surface area contributed by atoms with E-state index in [2.05, 4.69) is 36.0 Å². The van der Waals surface area contributed by atoms with Crippen molar-refractivity contribution in [3.8, 4) is 0 Å². The molecule has 0 aliphatic rings. The molecule has 0 aromatic rings. The van der Waals surface area contributed by atoms with E-state index in [9.17, 15) is 0 Å². The van der Waals surface area contributed by atoms with E-state index in [1.165, 1.54) is 5.57 Å². The molecule has 0 heterocycles. The van der Waals surface area contributed by atoms with Crippen molar-refractivity contribution in [1.29, 1.82) is 0 Å². The van der Waals surface area contributed by atoms with Crippen LogP contribution in [0.2, 0.25) is 0 Å². The summed E-state index contributed by atoms with van der Waals surface area (Å²) < 4.78 is 0. The third kappa shape index (κ3) is 6.56. The van der Waals surface area contributed by atoms with Gasteiger partial charge in [0.2, 0.25) is 0 Å². The number of nitrogens with zero attached hydrogens (tertiary/aromatic N) is 1. The molecule has 0 aromatic heterocycles. The lowest BCUT2D eigenvalue weighted by molar-refractivity contribution is 0.866. The Morgan fingerprint density at radius 2 is 2.00 bits per heavy atom. The van der Waals surface area contributed by atoms with Gasteiger partial charge in [-0.1, -0.05) is 43.4 Å². The lowest BCUT2D eigenvalue weighted by Gasteiger charge is -2.09. The van der Waals surface area contributed by atoms with E-state index in [0.717, 1.165) is 24.2 Å². The Morgan fingerprint density at radius 1 is 1.29 bits per heavy atom. The molecule has 94 valence electrons. The van der Waals surface area contributed by atoms with Crippen molar-refractivity contribution in [2.75, 3.05) is 13.6 Å². The lowest BCUT2D eigenvalue weighted by atomic mass is 10.1. The molecule has 2 nitrogen and oxygen atoms in total. The summed E-state index contributed by atoms with van der Waals surface area (Å²) in [5.74, 6) is 0. The second-order valence-electron chi connectivity index (χ2n) is 3.63. The van der Waals surface area contributed by atoms with E-state index in [0.29, 0.717) is 0 Å². The van der Waals surface area contributed by atoms with Crippen molar-refractivity contribution in [3.63, 3.8) is 0 Å². The van der Waals surface area contributed by atoms with Gasteiger partial charge in [0.25, 0.3) is 0 Å². The zero-order chi connectivity index (χ0) is 13.1. The van der Waals surface area contributed by atoms with Gasteiger partial charge in [-0.15, -0.1) is 0 Å². The Balaban J connectivity index is 4.57. The van der Waals surface area contributed by atoms with Crippen LogP contribution in [0.3, 0.4) is 0 Å². The summed E-state index contributed by atoms with van der Waals surface area (Å²) in [5, 5.41) is 3.36. The van der Waals surface area contributed by atoms with Crippen LogP contribution >= 0.6 is 0 Å². The van der Waals surface area contributed by atoms with Crippen LogP contribution in [0.15, 0.2) is 52.7 Å². The molecule has 17 heavy (non-hydrogen) atoms. The zero-order valence-electron chi connectivity index (χ0n) is 11.5. The summed E-state index contributed by atoms with van der Waals surface area (Å²) in [6, 6.07) is 0. The van der Waals surface area contributed by atoms with Crippen LogP contribution in [-0.4, -0.2) is 19.8 Å². The van der Waals surface area contributed by atoms with Gasteiger partial charge in [0.05, 0.1) is 0 Å². The minimum Gasteiger partial charge on any atom is -0.380 e. The van der Waals surface area contributed by atoms with Crippen LogP contribution < -0.4 is 5.32 Å². The van der Waals surface area contributed by atoms with Crippen molar-refractivity contribution >= 4 is 6.21 Å². The molecule has 0 spiro atoms. The molecule has 0 atom stereocenters. The molecule has 0 aliphatic carbocycles. The largest absolute Gasteiger partial charge is 0.380 e. The summed E-state index contributed by atoms with van der Waals surface area (Å²) in [6.07, 6.45) is 11.0. The van der Waals surface area contributed by atoms with E-state index in [-0.39, 0.29) is 0 Å². The third-order valence-corrected chi connectivity index (χ3v) is 2.49. The van der Waals surface area contributed by atoms with Crippen LogP contribution in [0.1, 0.15) is 27.2 Å². The highest BCUT2D eigenvalue weighted by Crippen LogP contribution is 2.07. The number of rotatable bonds is 7. The van der Waals surface area contributed by atoms with E-state index < -0.39 is 0 Å². The number of hydrogen-bond acceptors (Lipinski definition) is 2. The van der Waals surface area contributed by atoms with Gasteiger partial charge in [-0.05, 0) is 25.8 Å². The second-order valence-corrected chi connectivity index (χ2v) is 3.63. The van der Waals surface area contributed by atoms with Crippen molar-refractivity contribution in [2.24, 2.45) is 4.99 Å². The first kappa shape index (κ1) is 15.4. The molecule has 1 N–H and O–H groups in total. The number of allylic oxidation sites excluding steroid dienone is 6. The molecule has 0 fully saturated rings. The normalized spacial score (nSPS) is 14.2. The van der Waals surface area contributed by atoms with Gasteiger partial charge in [-0.2, -0.15) is 0 Å². The quantitative estimate of drug-likeness (QED) is 0.526. The minimum atomic E-state index is 0.841. The first-order valence-electron chi connectivity index (χ1n) is 6.02. The van der Waals surface area contributed by atoms with Crippen LogP contribution in [0.4, 0.5) is 0 Å². The van der Waals surface area contributed by atoms with Crippen molar-refractivity contribution < 1.29 is 0 Å². The van der Waals surface area contributed by atoms with E-state index in [1.54, 1.807) is 7.05 Å². The topological polar surface area (TPSA) is 24.4 Å². The highest BCUT2D eigenvalue weighted by Gasteiger charge is 1.96. The van der Waals surface area contributed by atoms with Gasteiger partial charge in [-0.25, -0.2) is 0 Å². The smallest absolute Gasteiger partial charge is 0.0480 e. The molecule has 0 saturated heterocycles. The average molecular weight is 232 g/mol. The van der Waals surface area contributed by atoms with Gasteiger partial charge >= 0.3 is 0 Å². The molecule has 0 aliphatic heterocycles. The maximum atomic E-state index is 4.00. The molecular weight excluding hydrogens is 208 g/mol. The Morgan fingerprint density at radius 3 is 2.41 bits per heavy atom. The van der Waals surface area contributed by atoms with Crippen LogP contribution in [0.25, 0.3) is 0 Å². The maximum absolute atomic E-state index is 4.00. The molecule has 0 rings (SSSR count). The van der Waals surface area contributed by atoms with E-state index in [1.807, 2.05) is 32.2 Å². The number of hydrogen-bond donors (Lipinski definition) is 1. The Hall–Kier alpha value is -1.57. The lowest BCUT2D eigenvalue weighted by Crippen LogP contribution is -2.17. The summed E-state index contributed by atoms with van der Waals surface area (Å²) >= 11 is 0. The molecule has 0 amide bonds. The summed E-state index contributed by atoms with van der Waals surface area (Å²) in [6.45, 7) is 10.8. The van der Waals surface area contributed by atoms with Gasteiger partial charge < -0.3 is 5.32 Å². The van der Waals surface area contributed by atoms with Gasteiger partial charge in [0.1, 0.15) is 0 Å². The number of nitrogens with one attached hydrogen (secondary N) is 1. The molecule has 0 aromatic carbocycles. The van der Waals surface area contributed by atoms with Crippen LogP contribution in [-0.2, 0) is 0 Å². The van der Waals surface area contributed by atoms with Crippen molar-refractivity contribution in [1.82, 2.24) is 5.32 Å². The van der Waals surface area contributed by atoms with E-state index >= 15 is 0 Å². The van der Waals surface area contributed by atoms with Gasteiger partial charge in [0, 0.05) is 25.5 Å². The summed E-state index contributed by atoms with van der Waals surface area (Å²) in [5.41, 5.74) is 3.56. The highest BCUT2D eigenvalue weighted by atomic mass is 14.9. The number of aliphatic imine (C=N–C) groups is 1. The fraction of sp³-hybridized carbons (Fsp3) is 0.400. The van der Waals surface area contributed by atoms with Crippen LogP contribution in [0.5, 0.6) is 0 Å². The summed E-state index contributed by atoms with van der Waals surface area (Å²) in [7, 11) is 1.78. The van der Waals surface area contributed by atoms with Crippen LogP contribution in [0, 0.1) is 0 Å². The standard InChI is InChI=1S/C15H24N2/c1-6-13(7-2)10-14(8-3)11-17-15(9-4)12-16-5/h6-7,9-10,12,17H,1,8,11H2,2-5H3/b13-7-,14-10+,15-9+,16-12?. The second kappa shape index (κ2) is 9.64. The fourth-order valence-electron chi connectivity index (χ4n) is 1.35. The SMILES string of the molecule is C=CC(=C/C)/C=C(\CC)CN/C(C=NC)=C/C. The first-order chi connectivity index (χ1) is 8.21. The fourth-order valence-corrected chi connectivity index (χ4v) is 1.35. The monoisotopic (exact) mass is 232 g/mol.